The molecule has 0 aromatic carbocycles. The van der Waals surface area contributed by atoms with Crippen LogP contribution in [-0.4, -0.2) is 23.0 Å². The summed E-state index contributed by atoms with van der Waals surface area (Å²) in [4.78, 5) is 0. The van der Waals surface area contributed by atoms with Gasteiger partial charge in [0.1, 0.15) is 5.76 Å². The molecule has 1 aromatic rings. The van der Waals surface area contributed by atoms with Crippen LogP contribution in [-0.2, 0) is 5.75 Å². The van der Waals surface area contributed by atoms with Crippen LogP contribution in [0.4, 0.5) is 0 Å². The number of nitrogens with two attached hydrogens (primary N) is 1. The van der Waals surface area contributed by atoms with E-state index in [-0.39, 0.29) is 0 Å². The smallest absolute Gasteiger partial charge is 0.113 e. The van der Waals surface area contributed by atoms with Gasteiger partial charge in [-0.3, -0.25) is 0 Å². The zero-order valence-corrected chi connectivity index (χ0v) is 9.93. The summed E-state index contributed by atoms with van der Waals surface area (Å²) < 4.78 is 5.21. The van der Waals surface area contributed by atoms with Crippen molar-refractivity contribution in [2.45, 2.75) is 31.1 Å². The van der Waals surface area contributed by atoms with Gasteiger partial charge in [0.2, 0.25) is 0 Å². The predicted molar refractivity (Wildman–Crippen MR) is 63.8 cm³/mol. The van der Waals surface area contributed by atoms with Crippen molar-refractivity contribution in [1.29, 1.82) is 0 Å². The molecule has 1 unspecified atom stereocenters. The number of thioether (sulfide) groups is 1. The van der Waals surface area contributed by atoms with E-state index in [0.717, 1.165) is 30.1 Å². The second kappa shape index (κ2) is 6.20. The monoisotopic (exact) mass is 229 g/mol. The van der Waals surface area contributed by atoms with Crippen LogP contribution in [0, 0.1) is 0 Å². The third-order valence-electron chi connectivity index (χ3n) is 2.27. The number of furan rings is 1. The summed E-state index contributed by atoms with van der Waals surface area (Å²) in [5.74, 6) is 2.93. The Bertz CT molecular complexity index is 260. The van der Waals surface area contributed by atoms with Gasteiger partial charge in [0.05, 0.1) is 17.6 Å². The number of hydrogen-bond acceptors (Lipinski definition) is 4. The first-order valence-electron chi connectivity index (χ1n) is 5.17. The van der Waals surface area contributed by atoms with Crippen LogP contribution in [0.2, 0.25) is 0 Å². The summed E-state index contributed by atoms with van der Waals surface area (Å²) in [6.45, 7) is 2.11. The summed E-state index contributed by atoms with van der Waals surface area (Å²) >= 11 is 1.82. The minimum absolute atomic E-state index is 0.329. The highest BCUT2D eigenvalue weighted by atomic mass is 32.2. The zero-order chi connectivity index (χ0) is 11.1. The van der Waals surface area contributed by atoms with E-state index in [1.807, 2.05) is 23.9 Å². The summed E-state index contributed by atoms with van der Waals surface area (Å²) in [6, 6.07) is 3.87. The Hall–Kier alpha value is -0.450. The van der Waals surface area contributed by atoms with E-state index in [2.05, 4.69) is 0 Å². The van der Waals surface area contributed by atoms with Crippen LogP contribution >= 0.6 is 11.8 Å². The van der Waals surface area contributed by atoms with Crippen LogP contribution in [0.1, 0.15) is 25.5 Å². The van der Waals surface area contributed by atoms with E-state index >= 15 is 0 Å². The van der Waals surface area contributed by atoms with Crippen molar-refractivity contribution < 1.29 is 9.52 Å². The molecule has 0 saturated carbocycles. The largest absolute Gasteiger partial charge is 0.468 e. The molecule has 4 heteroatoms. The van der Waals surface area contributed by atoms with E-state index in [9.17, 15) is 5.11 Å². The summed E-state index contributed by atoms with van der Waals surface area (Å²) in [5.41, 5.74) is 4.72. The molecule has 0 aliphatic carbocycles. The Morgan fingerprint density at radius 2 is 2.40 bits per heavy atom. The summed E-state index contributed by atoms with van der Waals surface area (Å²) in [6.07, 6.45) is 3.43. The van der Waals surface area contributed by atoms with Gasteiger partial charge < -0.3 is 15.3 Å². The molecule has 0 spiro atoms. The summed E-state index contributed by atoms with van der Waals surface area (Å²) in [7, 11) is 0. The van der Waals surface area contributed by atoms with Crippen LogP contribution in [0.25, 0.3) is 0 Å². The Labute approximate surface area is 95.0 Å². The number of hydrogen-bond donors (Lipinski definition) is 2. The lowest BCUT2D eigenvalue weighted by molar-refractivity contribution is 0.0596. The minimum Gasteiger partial charge on any atom is -0.468 e. The summed E-state index contributed by atoms with van der Waals surface area (Å²) in [5, 5.41) is 9.65. The van der Waals surface area contributed by atoms with Crippen molar-refractivity contribution in [3.63, 3.8) is 0 Å². The van der Waals surface area contributed by atoms with E-state index < -0.39 is 5.60 Å². The molecule has 86 valence electrons. The van der Waals surface area contributed by atoms with Crippen molar-refractivity contribution in [2.24, 2.45) is 5.73 Å². The highest BCUT2D eigenvalue weighted by molar-refractivity contribution is 7.98. The average Bonchev–Trinajstić information content (AvgIpc) is 2.70. The molecule has 0 saturated heterocycles. The molecule has 1 rings (SSSR count). The van der Waals surface area contributed by atoms with Gasteiger partial charge in [0.15, 0.2) is 0 Å². The molecule has 0 bridgehead atoms. The number of aliphatic hydroxyl groups is 1. The third kappa shape index (κ3) is 5.25. The van der Waals surface area contributed by atoms with Crippen molar-refractivity contribution >= 4 is 11.8 Å². The van der Waals surface area contributed by atoms with Gasteiger partial charge in [0, 0.05) is 6.54 Å². The van der Waals surface area contributed by atoms with Crippen molar-refractivity contribution in [1.82, 2.24) is 0 Å². The molecule has 0 aliphatic heterocycles. The highest BCUT2D eigenvalue weighted by Gasteiger charge is 2.16. The van der Waals surface area contributed by atoms with Gasteiger partial charge in [-0.05, 0) is 37.7 Å². The second-order valence-electron chi connectivity index (χ2n) is 3.94. The maximum Gasteiger partial charge on any atom is 0.113 e. The van der Waals surface area contributed by atoms with E-state index in [0.29, 0.717) is 6.54 Å². The van der Waals surface area contributed by atoms with Crippen LogP contribution in [0.3, 0.4) is 0 Å². The fourth-order valence-corrected chi connectivity index (χ4v) is 2.08. The standard InChI is InChI=1S/C11H19NO2S/c1-11(13,9-12)5-3-7-15-8-10-4-2-6-14-10/h2,4,6,13H,3,5,7-9,12H2,1H3. The van der Waals surface area contributed by atoms with Gasteiger partial charge in [-0.2, -0.15) is 11.8 Å². The predicted octanol–water partition coefficient (Wildman–Crippen LogP) is 2.00. The first-order valence-corrected chi connectivity index (χ1v) is 6.32. The molecular weight excluding hydrogens is 210 g/mol. The van der Waals surface area contributed by atoms with Gasteiger partial charge in [0.25, 0.3) is 0 Å². The maximum atomic E-state index is 9.65. The molecule has 15 heavy (non-hydrogen) atoms. The Kier molecular flexibility index (Phi) is 5.22. The van der Waals surface area contributed by atoms with Crippen molar-refractivity contribution in [3.8, 4) is 0 Å². The SMILES string of the molecule is CC(O)(CN)CCCSCc1ccco1. The van der Waals surface area contributed by atoms with Crippen molar-refractivity contribution in [3.05, 3.63) is 24.2 Å². The molecule has 1 heterocycles. The third-order valence-corrected chi connectivity index (χ3v) is 3.33. The topological polar surface area (TPSA) is 59.4 Å². The van der Waals surface area contributed by atoms with Crippen LogP contribution < -0.4 is 5.73 Å². The van der Waals surface area contributed by atoms with Crippen molar-refractivity contribution in [2.75, 3.05) is 12.3 Å². The average molecular weight is 229 g/mol. The molecule has 3 nitrogen and oxygen atoms in total. The normalized spacial score (nSPS) is 15.1. The first kappa shape index (κ1) is 12.6. The molecule has 0 radical (unpaired) electrons. The minimum atomic E-state index is -0.703. The molecule has 0 amide bonds. The second-order valence-corrected chi connectivity index (χ2v) is 5.04. The lowest BCUT2D eigenvalue weighted by Gasteiger charge is -2.20. The molecule has 0 fully saturated rings. The lowest BCUT2D eigenvalue weighted by Crippen LogP contribution is -2.34. The van der Waals surface area contributed by atoms with Crippen LogP contribution in [0.5, 0.6) is 0 Å². The fraction of sp³-hybridized carbons (Fsp3) is 0.636. The molecule has 1 atom stereocenters. The number of rotatable bonds is 7. The van der Waals surface area contributed by atoms with E-state index in [1.54, 1.807) is 13.2 Å². The van der Waals surface area contributed by atoms with E-state index in [1.165, 1.54) is 0 Å². The van der Waals surface area contributed by atoms with Gasteiger partial charge >= 0.3 is 0 Å². The van der Waals surface area contributed by atoms with Gasteiger partial charge in [-0.25, -0.2) is 0 Å². The van der Waals surface area contributed by atoms with Gasteiger partial charge in [-0.1, -0.05) is 0 Å². The Morgan fingerprint density at radius 1 is 1.60 bits per heavy atom. The molecule has 1 aromatic heterocycles. The highest BCUT2D eigenvalue weighted by Crippen LogP contribution is 2.17. The lowest BCUT2D eigenvalue weighted by atomic mass is 10.0. The quantitative estimate of drug-likeness (QED) is 0.702. The van der Waals surface area contributed by atoms with E-state index in [4.69, 9.17) is 10.2 Å². The Balaban J connectivity index is 2.03. The van der Waals surface area contributed by atoms with Gasteiger partial charge in [-0.15, -0.1) is 0 Å². The molecular formula is C11H19NO2S. The van der Waals surface area contributed by atoms with Crippen LogP contribution in [0.15, 0.2) is 22.8 Å². The maximum absolute atomic E-state index is 9.65. The molecule has 3 N–H and O–H groups in total. The zero-order valence-electron chi connectivity index (χ0n) is 9.11. The molecule has 0 aliphatic rings. The Morgan fingerprint density at radius 3 is 3.00 bits per heavy atom. The first-order chi connectivity index (χ1) is 7.14. The fourth-order valence-electron chi connectivity index (χ4n) is 1.22.